The van der Waals surface area contributed by atoms with Crippen LogP contribution in [-0.4, -0.2) is 37.4 Å². The number of benzene rings is 1. The molecular formula is C27H32N6O4. The number of hydrogen-bond acceptors (Lipinski definition) is 7. The quantitative estimate of drug-likeness (QED) is 0.371. The molecular weight excluding hydrogens is 472 g/mol. The smallest absolute Gasteiger partial charge is 0.404 e. The summed E-state index contributed by atoms with van der Waals surface area (Å²) in [6, 6.07) is 14.0. The van der Waals surface area contributed by atoms with Gasteiger partial charge in [-0.25, -0.2) is 19.6 Å². The van der Waals surface area contributed by atoms with Crippen LogP contribution in [0.1, 0.15) is 42.9 Å². The standard InChI is InChI=1S/C25H27N5O2.C2H5NO2/c1-16-12-17(10-11-18(16)15-31)20-8-5-9-23(27-20)28-24-13-21-22(14-26-24)29(2)25(32)30(21)19-6-3-4-7-19;1-5-2(3)4/h5,8-14,19,31H,3-4,6-7,15H2,1-2H3,(H,26,27,28);1H3,(H2,3,4). The van der Waals surface area contributed by atoms with E-state index in [4.69, 9.17) is 4.98 Å². The number of nitrogens with one attached hydrogen (secondary N) is 1. The number of nitrogens with zero attached hydrogens (tertiary/aromatic N) is 4. The average molecular weight is 505 g/mol. The number of aromatic nitrogens is 4. The number of primary amides is 1. The summed E-state index contributed by atoms with van der Waals surface area (Å²) < 4.78 is 7.51. The first-order valence-corrected chi connectivity index (χ1v) is 12.2. The number of aliphatic hydroxyl groups is 1. The highest BCUT2D eigenvalue weighted by atomic mass is 16.5. The van der Waals surface area contributed by atoms with Crippen molar-refractivity contribution in [2.75, 3.05) is 12.4 Å². The van der Waals surface area contributed by atoms with Crippen molar-refractivity contribution in [1.29, 1.82) is 0 Å². The molecule has 0 spiro atoms. The number of rotatable bonds is 5. The first-order chi connectivity index (χ1) is 17.8. The van der Waals surface area contributed by atoms with Crippen LogP contribution < -0.4 is 16.7 Å². The minimum absolute atomic E-state index is 0.0210. The van der Waals surface area contributed by atoms with Crippen molar-refractivity contribution >= 4 is 28.8 Å². The Bertz CT molecular complexity index is 1470. The molecule has 10 heteroatoms. The van der Waals surface area contributed by atoms with Crippen LogP contribution in [-0.2, 0) is 18.4 Å². The van der Waals surface area contributed by atoms with Gasteiger partial charge in [0.25, 0.3) is 0 Å². The Morgan fingerprint density at radius 1 is 1.16 bits per heavy atom. The number of aryl methyl sites for hydroxylation is 2. The molecule has 1 saturated carbocycles. The van der Waals surface area contributed by atoms with Crippen LogP contribution in [0.4, 0.5) is 16.4 Å². The number of carbonyl (C=O) groups is 1. The molecule has 37 heavy (non-hydrogen) atoms. The zero-order chi connectivity index (χ0) is 26.5. The Morgan fingerprint density at radius 2 is 1.89 bits per heavy atom. The zero-order valence-electron chi connectivity index (χ0n) is 21.3. The third-order valence-electron chi connectivity index (χ3n) is 6.68. The second kappa shape index (κ2) is 11.3. The molecule has 1 aromatic carbocycles. The van der Waals surface area contributed by atoms with Gasteiger partial charge in [-0.15, -0.1) is 0 Å². The Kier molecular flexibility index (Phi) is 7.88. The van der Waals surface area contributed by atoms with Crippen LogP contribution in [0.15, 0.2) is 53.5 Å². The molecule has 4 N–H and O–H groups in total. The van der Waals surface area contributed by atoms with Crippen LogP contribution in [0.3, 0.4) is 0 Å². The van der Waals surface area contributed by atoms with Gasteiger partial charge in [-0.1, -0.05) is 31.0 Å². The van der Waals surface area contributed by atoms with Crippen LogP contribution in [0.5, 0.6) is 0 Å². The highest BCUT2D eigenvalue weighted by molar-refractivity contribution is 5.79. The fraction of sp³-hybridized carbons (Fsp3) is 0.333. The molecule has 0 unspecified atom stereocenters. The van der Waals surface area contributed by atoms with E-state index >= 15 is 0 Å². The van der Waals surface area contributed by atoms with Crippen molar-refractivity contribution in [3.05, 3.63) is 70.3 Å². The number of anilines is 2. The molecule has 0 radical (unpaired) electrons. The lowest BCUT2D eigenvalue weighted by molar-refractivity contribution is 0.182. The van der Waals surface area contributed by atoms with E-state index in [0.717, 1.165) is 46.3 Å². The van der Waals surface area contributed by atoms with Gasteiger partial charge in [0.05, 0.1) is 36.6 Å². The lowest BCUT2D eigenvalue weighted by atomic mass is 10.0. The average Bonchev–Trinajstić information content (AvgIpc) is 3.51. The van der Waals surface area contributed by atoms with Gasteiger partial charge in [0.1, 0.15) is 11.6 Å². The topological polar surface area (TPSA) is 137 Å². The molecule has 3 aromatic heterocycles. The summed E-state index contributed by atoms with van der Waals surface area (Å²) in [7, 11) is 3.03. The van der Waals surface area contributed by atoms with E-state index < -0.39 is 6.09 Å². The number of methoxy groups -OCH3 is 1. The summed E-state index contributed by atoms with van der Waals surface area (Å²) in [5, 5.41) is 12.7. The molecule has 1 fully saturated rings. The number of amides is 1. The lowest BCUT2D eigenvalue weighted by Gasteiger charge is -2.12. The second-order valence-corrected chi connectivity index (χ2v) is 9.06. The molecule has 4 aromatic rings. The van der Waals surface area contributed by atoms with Crippen LogP contribution >= 0.6 is 0 Å². The van der Waals surface area contributed by atoms with Crippen molar-refractivity contribution in [3.8, 4) is 11.3 Å². The summed E-state index contributed by atoms with van der Waals surface area (Å²) in [6.07, 6.45) is 5.43. The molecule has 1 aliphatic carbocycles. The maximum Gasteiger partial charge on any atom is 0.404 e. The van der Waals surface area contributed by atoms with E-state index in [1.807, 2.05) is 54.0 Å². The van der Waals surface area contributed by atoms with E-state index in [1.165, 1.54) is 20.0 Å². The largest absolute Gasteiger partial charge is 0.453 e. The number of fused-ring (bicyclic) bond motifs is 1. The molecule has 3 heterocycles. The molecule has 1 amide bonds. The number of hydrogen-bond donors (Lipinski definition) is 3. The summed E-state index contributed by atoms with van der Waals surface area (Å²) in [4.78, 5) is 31.5. The van der Waals surface area contributed by atoms with Gasteiger partial charge in [-0.05, 0) is 49.1 Å². The fourth-order valence-corrected chi connectivity index (χ4v) is 4.67. The number of carbonyl (C=O) groups excluding carboxylic acids is 1. The summed E-state index contributed by atoms with van der Waals surface area (Å²) in [5.74, 6) is 1.34. The van der Waals surface area contributed by atoms with Crippen molar-refractivity contribution in [2.24, 2.45) is 12.8 Å². The van der Waals surface area contributed by atoms with E-state index in [-0.39, 0.29) is 18.3 Å². The molecule has 0 aliphatic heterocycles. The third kappa shape index (κ3) is 5.64. The van der Waals surface area contributed by atoms with Crippen molar-refractivity contribution in [2.45, 2.75) is 45.3 Å². The maximum atomic E-state index is 12.9. The third-order valence-corrected chi connectivity index (χ3v) is 6.68. The van der Waals surface area contributed by atoms with Gasteiger partial charge in [-0.3, -0.25) is 9.13 Å². The van der Waals surface area contributed by atoms with Crippen molar-refractivity contribution in [3.63, 3.8) is 0 Å². The lowest BCUT2D eigenvalue weighted by Crippen LogP contribution is -2.24. The number of nitrogens with two attached hydrogens (primary N) is 1. The van der Waals surface area contributed by atoms with E-state index in [9.17, 15) is 14.7 Å². The van der Waals surface area contributed by atoms with Crippen LogP contribution in [0.25, 0.3) is 22.3 Å². The summed E-state index contributed by atoms with van der Waals surface area (Å²) in [5.41, 5.74) is 9.98. The Labute approximate surface area is 214 Å². The van der Waals surface area contributed by atoms with Gasteiger partial charge in [0.15, 0.2) is 0 Å². The molecule has 5 rings (SSSR count). The molecule has 0 saturated heterocycles. The SMILES string of the molecule is COC(N)=O.Cc1cc(-c2cccc(Nc3cc4c(cn3)n(C)c(=O)n4C3CCCC3)n2)ccc1CO. The van der Waals surface area contributed by atoms with Crippen LogP contribution in [0, 0.1) is 6.92 Å². The predicted molar refractivity (Wildman–Crippen MR) is 143 cm³/mol. The van der Waals surface area contributed by atoms with Gasteiger partial charge in [0, 0.05) is 24.7 Å². The predicted octanol–water partition coefficient (Wildman–Crippen LogP) is 4.17. The van der Waals surface area contributed by atoms with Gasteiger partial charge in [0.2, 0.25) is 0 Å². The number of aliphatic hydroxyl groups excluding tert-OH is 1. The first kappa shape index (κ1) is 25.9. The molecule has 194 valence electrons. The first-order valence-electron chi connectivity index (χ1n) is 12.2. The Balaban J connectivity index is 0.000000586. The monoisotopic (exact) mass is 504 g/mol. The normalized spacial score (nSPS) is 13.3. The second-order valence-electron chi connectivity index (χ2n) is 9.06. The van der Waals surface area contributed by atoms with Crippen molar-refractivity contribution in [1.82, 2.24) is 19.1 Å². The number of imidazole rings is 1. The van der Waals surface area contributed by atoms with E-state index in [0.29, 0.717) is 11.6 Å². The highest BCUT2D eigenvalue weighted by Crippen LogP contribution is 2.32. The van der Waals surface area contributed by atoms with Crippen LogP contribution in [0.2, 0.25) is 0 Å². The minimum Gasteiger partial charge on any atom is -0.453 e. The zero-order valence-corrected chi connectivity index (χ0v) is 21.3. The summed E-state index contributed by atoms with van der Waals surface area (Å²) >= 11 is 0. The van der Waals surface area contributed by atoms with E-state index in [2.05, 4.69) is 20.8 Å². The Morgan fingerprint density at radius 3 is 2.54 bits per heavy atom. The van der Waals surface area contributed by atoms with Gasteiger partial charge in [-0.2, -0.15) is 0 Å². The summed E-state index contributed by atoms with van der Waals surface area (Å²) in [6.45, 7) is 2.01. The van der Waals surface area contributed by atoms with E-state index in [1.54, 1.807) is 17.8 Å². The maximum absolute atomic E-state index is 12.9. The Hall–Kier alpha value is -4.18. The molecule has 0 atom stereocenters. The number of ether oxygens (including phenoxy) is 1. The van der Waals surface area contributed by atoms with Crippen molar-refractivity contribution < 1.29 is 14.6 Å². The van der Waals surface area contributed by atoms with Gasteiger partial charge < -0.3 is 20.9 Å². The highest BCUT2D eigenvalue weighted by Gasteiger charge is 2.23. The molecule has 1 aliphatic rings. The van der Waals surface area contributed by atoms with Gasteiger partial charge >= 0.3 is 11.8 Å². The molecule has 0 bridgehead atoms. The molecule has 10 nitrogen and oxygen atoms in total. The fourth-order valence-electron chi connectivity index (χ4n) is 4.67. The number of pyridine rings is 2. The minimum atomic E-state index is -0.745.